The molecule has 0 saturated carbocycles. The summed E-state index contributed by atoms with van der Waals surface area (Å²) in [4.78, 5) is 13.4. The molecule has 14 heteroatoms. The second-order valence-electron chi connectivity index (χ2n) is 26.1. The highest BCUT2D eigenvalue weighted by Crippen LogP contribution is 2.30. The van der Waals surface area contributed by atoms with Crippen molar-refractivity contribution in [1.29, 1.82) is 0 Å². The molecule has 504 valence electrons. The van der Waals surface area contributed by atoms with E-state index in [9.17, 15) is 45.6 Å². The molecular weight excluding hydrogens is 1070 g/mol. The summed E-state index contributed by atoms with van der Waals surface area (Å²) in [6.07, 6.45) is 52.3. The Morgan fingerprint density at radius 3 is 1.12 bits per heavy atom. The second-order valence-corrected chi connectivity index (χ2v) is 26.1. The summed E-state index contributed by atoms with van der Waals surface area (Å²) in [5, 5.41) is 87.7. The number of ether oxygens (including phenoxy) is 4. The summed E-state index contributed by atoms with van der Waals surface area (Å²) in [5.74, 6) is -0.199. The van der Waals surface area contributed by atoms with Crippen molar-refractivity contribution in [2.45, 2.75) is 415 Å². The van der Waals surface area contributed by atoms with Gasteiger partial charge in [0, 0.05) is 6.42 Å². The van der Waals surface area contributed by atoms with Crippen LogP contribution in [0.3, 0.4) is 0 Å². The third-order valence-electron chi connectivity index (χ3n) is 18.2. The lowest BCUT2D eigenvalue weighted by atomic mass is 9.97. The van der Waals surface area contributed by atoms with Crippen molar-refractivity contribution in [3.8, 4) is 0 Å². The van der Waals surface area contributed by atoms with Crippen LogP contribution in [0.2, 0.25) is 0 Å². The minimum atomic E-state index is -1.78. The maximum absolute atomic E-state index is 13.4. The van der Waals surface area contributed by atoms with Crippen molar-refractivity contribution in [3.63, 3.8) is 0 Å². The van der Waals surface area contributed by atoms with Crippen LogP contribution in [0, 0.1) is 0 Å². The van der Waals surface area contributed by atoms with E-state index in [2.05, 4.69) is 31.3 Å². The number of amides is 1. The summed E-state index contributed by atoms with van der Waals surface area (Å²) in [6.45, 7) is 2.92. The Labute approximate surface area is 520 Å². The summed E-state index contributed by atoms with van der Waals surface area (Å²) < 4.78 is 22.9. The first kappa shape index (κ1) is 79.8. The normalized spacial score (nSPS) is 23.5. The Balaban J connectivity index is 1.66. The third-order valence-corrected chi connectivity index (χ3v) is 18.2. The number of allylic oxidation sites excluding steroid dienone is 2. The van der Waals surface area contributed by atoms with Gasteiger partial charge in [-0.3, -0.25) is 4.79 Å². The van der Waals surface area contributed by atoms with Crippen molar-refractivity contribution in [3.05, 3.63) is 12.2 Å². The van der Waals surface area contributed by atoms with Gasteiger partial charge in [0.05, 0.1) is 32.0 Å². The lowest BCUT2D eigenvalue weighted by Crippen LogP contribution is -2.65. The van der Waals surface area contributed by atoms with Crippen LogP contribution in [0.4, 0.5) is 0 Å². The lowest BCUT2D eigenvalue weighted by molar-refractivity contribution is -0.359. The molecule has 0 spiro atoms. The summed E-state index contributed by atoms with van der Waals surface area (Å²) in [5.41, 5.74) is 0. The number of unbranched alkanes of at least 4 members (excludes halogenated alkanes) is 46. The first-order chi connectivity index (χ1) is 41.6. The number of carbonyl (C=O) groups excluding carboxylic acids is 1. The zero-order valence-corrected chi connectivity index (χ0v) is 54.9. The Morgan fingerprint density at radius 1 is 0.412 bits per heavy atom. The van der Waals surface area contributed by atoms with Gasteiger partial charge >= 0.3 is 0 Å². The van der Waals surface area contributed by atoms with Crippen LogP contribution in [-0.4, -0.2) is 140 Å². The molecule has 0 aromatic rings. The fourth-order valence-corrected chi connectivity index (χ4v) is 12.4. The smallest absolute Gasteiger partial charge is 0.220 e. The molecule has 0 aliphatic carbocycles. The molecule has 2 rings (SSSR count). The predicted molar refractivity (Wildman–Crippen MR) is 346 cm³/mol. The second kappa shape index (κ2) is 56.7. The number of aliphatic hydroxyl groups excluding tert-OH is 8. The average molecular weight is 1210 g/mol. The van der Waals surface area contributed by atoms with Gasteiger partial charge in [-0.25, -0.2) is 0 Å². The molecule has 0 aromatic heterocycles. The first-order valence-corrected chi connectivity index (χ1v) is 36.4. The zero-order chi connectivity index (χ0) is 61.6. The monoisotopic (exact) mass is 1210 g/mol. The first-order valence-electron chi connectivity index (χ1n) is 36.4. The highest BCUT2D eigenvalue weighted by atomic mass is 16.7. The summed E-state index contributed by atoms with van der Waals surface area (Å²) in [7, 11) is 0. The Morgan fingerprint density at radius 2 is 0.741 bits per heavy atom. The van der Waals surface area contributed by atoms with Crippen LogP contribution in [0.25, 0.3) is 0 Å². The number of rotatable bonds is 61. The van der Waals surface area contributed by atoms with E-state index in [1.54, 1.807) is 0 Å². The minimum absolute atomic E-state index is 0.199. The van der Waals surface area contributed by atoms with Crippen molar-refractivity contribution >= 4 is 5.91 Å². The van der Waals surface area contributed by atoms with Gasteiger partial charge in [-0.05, 0) is 38.5 Å². The van der Waals surface area contributed by atoms with E-state index in [0.29, 0.717) is 12.8 Å². The summed E-state index contributed by atoms with van der Waals surface area (Å²) in [6, 6.07) is -0.827. The van der Waals surface area contributed by atoms with E-state index in [-0.39, 0.29) is 12.5 Å². The SMILES string of the molecule is CCCCCCCCCC/C=C\CCCCCCCCCCCCCCCC(=O)NC(COC1OC(CO)C(OC2OC(CO)C(O)C(O)C2O)C(O)C1O)C(O)CCCCCCCCCCCCCCCCCCCCCCCCCCCC. The Bertz CT molecular complexity index is 1470. The van der Waals surface area contributed by atoms with E-state index < -0.39 is 86.8 Å². The van der Waals surface area contributed by atoms with E-state index in [0.717, 1.165) is 51.4 Å². The van der Waals surface area contributed by atoms with Crippen LogP contribution in [0.5, 0.6) is 0 Å². The molecule has 2 fully saturated rings. The molecule has 12 atom stereocenters. The van der Waals surface area contributed by atoms with Gasteiger partial charge in [0.15, 0.2) is 12.6 Å². The fourth-order valence-electron chi connectivity index (χ4n) is 12.4. The molecule has 2 aliphatic heterocycles. The van der Waals surface area contributed by atoms with E-state index in [4.69, 9.17) is 18.9 Å². The third kappa shape index (κ3) is 41.0. The molecule has 2 aliphatic rings. The topological polar surface area (TPSA) is 228 Å². The predicted octanol–water partition coefficient (Wildman–Crippen LogP) is 15.0. The van der Waals surface area contributed by atoms with Crippen LogP contribution in [0.1, 0.15) is 341 Å². The molecule has 1 amide bonds. The highest BCUT2D eigenvalue weighted by Gasteiger charge is 2.51. The van der Waals surface area contributed by atoms with Crippen molar-refractivity contribution < 1.29 is 64.6 Å². The Kier molecular flexibility index (Phi) is 53.2. The van der Waals surface area contributed by atoms with Gasteiger partial charge in [-0.15, -0.1) is 0 Å². The van der Waals surface area contributed by atoms with Crippen LogP contribution in [0.15, 0.2) is 12.2 Å². The molecule has 2 heterocycles. The van der Waals surface area contributed by atoms with Gasteiger partial charge in [0.1, 0.15) is 48.8 Å². The van der Waals surface area contributed by atoms with Crippen molar-refractivity contribution in [1.82, 2.24) is 5.32 Å². The van der Waals surface area contributed by atoms with Crippen molar-refractivity contribution in [2.75, 3.05) is 19.8 Å². The quantitative estimate of drug-likeness (QED) is 0.0204. The number of aliphatic hydroxyl groups is 8. The molecule has 0 radical (unpaired) electrons. The van der Waals surface area contributed by atoms with Crippen LogP contribution >= 0.6 is 0 Å². The maximum atomic E-state index is 13.4. The molecule has 9 N–H and O–H groups in total. The number of hydrogen-bond acceptors (Lipinski definition) is 13. The van der Waals surface area contributed by atoms with E-state index in [1.165, 1.54) is 263 Å². The van der Waals surface area contributed by atoms with Gasteiger partial charge in [-0.1, -0.05) is 309 Å². The minimum Gasteiger partial charge on any atom is -0.394 e. The summed E-state index contributed by atoms with van der Waals surface area (Å²) >= 11 is 0. The Hall–Kier alpha value is -1.27. The van der Waals surface area contributed by atoms with Gasteiger partial charge in [0.25, 0.3) is 0 Å². The molecule has 0 bridgehead atoms. The number of carbonyl (C=O) groups is 1. The van der Waals surface area contributed by atoms with Crippen molar-refractivity contribution in [2.24, 2.45) is 0 Å². The molecular formula is C71H137NO13. The molecule has 0 aromatic carbocycles. The number of hydrogen-bond donors (Lipinski definition) is 9. The van der Waals surface area contributed by atoms with E-state index >= 15 is 0 Å². The molecule has 14 nitrogen and oxygen atoms in total. The maximum Gasteiger partial charge on any atom is 0.220 e. The average Bonchev–Trinajstić information content (AvgIpc) is 3.29. The largest absolute Gasteiger partial charge is 0.394 e. The van der Waals surface area contributed by atoms with Gasteiger partial charge in [-0.2, -0.15) is 0 Å². The lowest BCUT2D eigenvalue weighted by Gasteiger charge is -2.46. The molecule has 2 saturated heterocycles. The molecule has 85 heavy (non-hydrogen) atoms. The van der Waals surface area contributed by atoms with Gasteiger partial charge in [0.2, 0.25) is 5.91 Å². The number of nitrogens with one attached hydrogen (secondary N) is 1. The van der Waals surface area contributed by atoms with Crippen LogP contribution in [-0.2, 0) is 23.7 Å². The van der Waals surface area contributed by atoms with E-state index in [1.807, 2.05) is 0 Å². The zero-order valence-electron chi connectivity index (χ0n) is 54.9. The van der Waals surface area contributed by atoms with Gasteiger partial charge < -0.3 is 65.1 Å². The fraction of sp³-hybridized carbons (Fsp3) is 0.958. The molecule has 12 unspecified atom stereocenters. The highest BCUT2D eigenvalue weighted by molar-refractivity contribution is 5.76. The standard InChI is InChI=1S/C71H137NO13/c1-3-5-7-9-11-13-15-17-19-21-23-25-27-29-31-32-34-36-38-40-42-44-46-48-50-52-54-60(75)59(58-82-70-68(81)66(79)69(62(57-74)84-70)85-71-67(80)65(78)64(77)61(56-73)83-71)72-63(76)55-53-51-49-47-45-43-41-39-37-35-33-30-28-26-24-22-20-18-16-14-12-10-8-6-4-2/h22,24,59-62,64-71,73-75,77-81H,3-21,23,25-58H2,1-2H3,(H,72,76)/b24-22-. The van der Waals surface area contributed by atoms with Crippen LogP contribution < -0.4 is 5.32 Å².